The molecule has 2 aromatic carbocycles. The highest BCUT2D eigenvalue weighted by atomic mass is 16.5. The van der Waals surface area contributed by atoms with Crippen LogP contribution in [0.4, 0.5) is 0 Å². The predicted molar refractivity (Wildman–Crippen MR) is 91.3 cm³/mol. The van der Waals surface area contributed by atoms with Crippen molar-refractivity contribution in [3.8, 4) is 5.75 Å². The van der Waals surface area contributed by atoms with Crippen molar-refractivity contribution in [1.82, 2.24) is 5.32 Å². The van der Waals surface area contributed by atoms with E-state index in [1.54, 1.807) is 12.1 Å². The van der Waals surface area contributed by atoms with E-state index in [0.29, 0.717) is 13.2 Å². The Morgan fingerprint density at radius 2 is 1.75 bits per heavy atom. The molecule has 5 heteroatoms. The summed E-state index contributed by atoms with van der Waals surface area (Å²) in [6, 6.07) is 12.3. The molecule has 2 rings (SSSR count). The van der Waals surface area contributed by atoms with E-state index in [1.165, 1.54) is 17.7 Å². The van der Waals surface area contributed by atoms with Gasteiger partial charge in [0.15, 0.2) is 0 Å². The SMILES string of the molecule is Cc1ccc(OCCC(=O)NCc2ccc(C(=O)O)cc2)cc1C. The lowest BCUT2D eigenvalue weighted by atomic mass is 10.1. The average Bonchev–Trinajstić information content (AvgIpc) is 2.56. The number of carbonyl (C=O) groups is 2. The van der Waals surface area contributed by atoms with Gasteiger partial charge in [-0.2, -0.15) is 0 Å². The van der Waals surface area contributed by atoms with Crippen LogP contribution >= 0.6 is 0 Å². The number of aromatic carboxylic acids is 1. The molecule has 0 unspecified atom stereocenters. The molecule has 0 radical (unpaired) electrons. The summed E-state index contributed by atoms with van der Waals surface area (Å²) in [4.78, 5) is 22.6. The van der Waals surface area contributed by atoms with Crippen LogP contribution in [0.1, 0.15) is 33.5 Å². The Bertz CT molecular complexity index is 723. The zero-order chi connectivity index (χ0) is 17.5. The molecule has 0 fully saturated rings. The van der Waals surface area contributed by atoms with Gasteiger partial charge in [-0.25, -0.2) is 4.79 Å². The average molecular weight is 327 g/mol. The summed E-state index contributed by atoms with van der Waals surface area (Å²) < 4.78 is 5.58. The number of ether oxygens (including phenoxy) is 1. The van der Waals surface area contributed by atoms with E-state index < -0.39 is 5.97 Å². The van der Waals surface area contributed by atoms with Gasteiger partial charge in [0.25, 0.3) is 0 Å². The largest absolute Gasteiger partial charge is 0.493 e. The van der Waals surface area contributed by atoms with Gasteiger partial charge in [0.05, 0.1) is 18.6 Å². The van der Waals surface area contributed by atoms with E-state index in [0.717, 1.165) is 16.9 Å². The Balaban J connectivity index is 1.73. The molecule has 0 saturated heterocycles. The van der Waals surface area contributed by atoms with Crippen LogP contribution in [0.2, 0.25) is 0 Å². The molecule has 0 aromatic heterocycles. The highest BCUT2D eigenvalue weighted by Crippen LogP contribution is 2.16. The molecule has 0 aliphatic rings. The van der Waals surface area contributed by atoms with Gasteiger partial charge >= 0.3 is 5.97 Å². The number of hydrogen-bond acceptors (Lipinski definition) is 3. The molecule has 126 valence electrons. The lowest BCUT2D eigenvalue weighted by molar-refractivity contribution is -0.121. The minimum atomic E-state index is -0.964. The van der Waals surface area contributed by atoms with Crippen molar-refractivity contribution in [3.63, 3.8) is 0 Å². The number of benzene rings is 2. The smallest absolute Gasteiger partial charge is 0.335 e. The van der Waals surface area contributed by atoms with E-state index in [2.05, 4.69) is 5.32 Å². The second kappa shape index (κ2) is 8.15. The summed E-state index contributed by atoms with van der Waals surface area (Å²) in [5.41, 5.74) is 3.44. The first-order valence-electron chi connectivity index (χ1n) is 7.74. The van der Waals surface area contributed by atoms with E-state index in [1.807, 2.05) is 32.0 Å². The standard InChI is InChI=1S/C19H21NO4/c1-13-3-8-17(11-14(13)2)24-10-9-18(21)20-12-15-4-6-16(7-5-15)19(22)23/h3-8,11H,9-10,12H2,1-2H3,(H,20,21)(H,22,23). The van der Waals surface area contributed by atoms with E-state index >= 15 is 0 Å². The lowest BCUT2D eigenvalue weighted by Gasteiger charge is -2.09. The number of aryl methyl sites for hydroxylation is 2. The van der Waals surface area contributed by atoms with Gasteiger partial charge < -0.3 is 15.2 Å². The van der Waals surface area contributed by atoms with Crippen LogP contribution < -0.4 is 10.1 Å². The molecule has 0 aliphatic heterocycles. The number of amides is 1. The quantitative estimate of drug-likeness (QED) is 0.819. The third-order valence-electron chi connectivity index (χ3n) is 3.77. The number of carboxylic acid groups (broad SMARTS) is 1. The van der Waals surface area contributed by atoms with Crippen molar-refractivity contribution in [1.29, 1.82) is 0 Å². The highest BCUT2D eigenvalue weighted by Gasteiger charge is 2.05. The van der Waals surface area contributed by atoms with Crippen molar-refractivity contribution in [3.05, 3.63) is 64.7 Å². The van der Waals surface area contributed by atoms with Crippen LogP contribution in [-0.4, -0.2) is 23.6 Å². The van der Waals surface area contributed by atoms with Crippen LogP contribution in [0.3, 0.4) is 0 Å². The van der Waals surface area contributed by atoms with Crippen molar-refractivity contribution in [2.45, 2.75) is 26.8 Å². The number of hydrogen-bond donors (Lipinski definition) is 2. The minimum absolute atomic E-state index is 0.110. The predicted octanol–water partition coefficient (Wildman–Crippen LogP) is 3.09. The van der Waals surface area contributed by atoms with Crippen LogP contribution in [0.15, 0.2) is 42.5 Å². The van der Waals surface area contributed by atoms with Gasteiger partial charge in [0, 0.05) is 6.54 Å². The summed E-state index contributed by atoms with van der Waals surface area (Å²) >= 11 is 0. The first-order valence-corrected chi connectivity index (χ1v) is 7.74. The molecular weight excluding hydrogens is 306 g/mol. The topological polar surface area (TPSA) is 75.6 Å². The van der Waals surface area contributed by atoms with Gasteiger partial charge in [0.1, 0.15) is 5.75 Å². The highest BCUT2D eigenvalue weighted by molar-refractivity contribution is 5.87. The number of nitrogens with one attached hydrogen (secondary N) is 1. The van der Waals surface area contributed by atoms with E-state index in [9.17, 15) is 9.59 Å². The van der Waals surface area contributed by atoms with Crippen LogP contribution in [0.25, 0.3) is 0 Å². The molecule has 1 amide bonds. The van der Waals surface area contributed by atoms with Crippen molar-refractivity contribution in [2.24, 2.45) is 0 Å². The summed E-state index contributed by atoms with van der Waals surface area (Å²) in [6.07, 6.45) is 0.264. The molecule has 0 heterocycles. The lowest BCUT2D eigenvalue weighted by Crippen LogP contribution is -2.24. The first kappa shape index (κ1) is 17.5. The first-order chi connectivity index (χ1) is 11.5. The number of rotatable bonds is 7. The second-order valence-corrected chi connectivity index (χ2v) is 5.62. The molecule has 0 aliphatic carbocycles. The van der Waals surface area contributed by atoms with Crippen LogP contribution in [0, 0.1) is 13.8 Å². The number of carbonyl (C=O) groups excluding carboxylic acids is 1. The Kier molecular flexibility index (Phi) is 5.95. The molecule has 0 atom stereocenters. The van der Waals surface area contributed by atoms with Crippen molar-refractivity contribution in [2.75, 3.05) is 6.61 Å². The molecule has 5 nitrogen and oxygen atoms in total. The normalized spacial score (nSPS) is 10.2. The fourth-order valence-electron chi connectivity index (χ4n) is 2.12. The Morgan fingerprint density at radius 3 is 2.38 bits per heavy atom. The maximum atomic E-state index is 11.8. The zero-order valence-electron chi connectivity index (χ0n) is 13.8. The summed E-state index contributed by atoms with van der Waals surface area (Å²) in [6.45, 7) is 4.73. The number of carboxylic acids is 1. The molecule has 24 heavy (non-hydrogen) atoms. The molecule has 2 aromatic rings. The monoisotopic (exact) mass is 327 g/mol. The molecule has 0 bridgehead atoms. The Labute approximate surface area is 141 Å². The summed E-state index contributed by atoms with van der Waals surface area (Å²) in [5.74, 6) is -0.314. The van der Waals surface area contributed by atoms with Crippen LogP contribution in [-0.2, 0) is 11.3 Å². The van der Waals surface area contributed by atoms with E-state index in [-0.39, 0.29) is 17.9 Å². The minimum Gasteiger partial charge on any atom is -0.493 e. The van der Waals surface area contributed by atoms with Gasteiger partial charge in [-0.05, 0) is 54.8 Å². The van der Waals surface area contributed by atoms with Gasteiger partial charge in [-0.1, -0.05) is 18.2 Å². The van der Waals surface area contributed by atoms with Gasteiger partial charge in [0.2, 0.25) is 5.91 Å². The van der Waals surface area contributed by atoms with Gasteiger partial charge in [-0.3, -0.25) is 4.79 Å². The van der Waals surface area contributed by atoms with Gasteiger partial charge in [-0.15, -0.1) is 0 Å². The third kappa shape index (κ3) is 5.12. The molecular formula is C19H21NO4. The third-order valence-corrected chi connectivity index (χ3v) is 3.77. The fourth-order valence-corrected chi connectivity index (χ4v) is 2.12. The Hall–Kier alpha value is -2.82. The maximum Gasteiger partial charge on any atom is 0.335 e. The van der Waals surface area contributed by atoms with E-state index in [4.69, 9.17) is 9.84 Å². The summed E-state index contributed by atoms with van der Waals surface area (Å²) in [7, 11) is 0. The van der Waals surface area contributed by atoms with Crippen LogP contribution in [0.5, 0.6) is 5.75 Å². The molecule has 0 spiro atoms. The summed E-state index contributed by atoms with van der Waals surface area (Å²) in [5, 5.41) is 11.6. The molecule has 2 N–H and O–H groups in total. The maximum absolute atomic E-state index is 11.8. The van der Waals surface area contributed by atoms with Crippen molar-refractivity contribution >= 4 is 11.9 Å². The molecule has 0 saturated carbocycles. The Morgan fingerprint density at radius 1 is 1.04 bits per heavy atom. The zero-order valence-corrected chi connectivity index (χ0v) is 13.8. The van der Waals surface area contributed by atoms with Crippen molar-refractivity contribution < 1.29 is 19.4 Å². The fraction of sp³-hybridized carbons (Fsp3) is 0.263. The second-order valence-electron chi connectivity index (χ2n) is 5.62.